The van der Waals surface area contributed by atoms with Gasteiger partial charge in [-0.15, -0.1) is 11.3 Å². The van der Waals surface area contributed by atoms with Crippen molar-refractivity contribution in [1.29, 1.82) is 0 Å². The van der Waals surface area contributed by atoms with Crippen molar-refractivity contribution in [1.82, 2.24) is 10.3 Å². The summed E-state index contributed by atoms with van der Waals surface area (Å²) in [4.78, 5) is 4.94. The summed E-state index contributed by atoms with van der Waals surface area (Å²) in [5, 5.41) is 4.99. The molecular formula is C18H24N2OS. The van der Waals surface area contributed by atoms with E-state index in [9.17, 15) is 0 Å². The zero-order chi connectivity index (χ0) is 14.9. The van der Waals surface area contributed by atoms with Crippen LogP contribution in [0.25, 0.3) is 10.2 Å². The lowest BCUT2D eigenvalue weighted by Gasteiger charge is -2.28. The largest absolute Gasteiger partial charge is 0.381 e. The van der Waals surface area contributed by atoms with Crippen LogP contribution in [0.5, 0.6) is 0 Å². The molecule has 3 nitrogen and oxygen atoms in total. The van der Waals surface area contributed by atoms with Crippen molar-refractivity contribution in [2.75, 3.05) is 19.8 Å². The van der Waals surface area contributed by atoms with E-state index >= 15 is 0 Å². The third-order valence-electron chi connectivity index (χ3n) is 5.06. The molecule has 0 radical (unpaired) electrons. The maximum absolute atomic E-state index is 5.47. The fourth-order valence-electron chi connectivity index (χ4n) is 3.58. The van der Waals surface area contributed by atoms with Gasteiger partial charge in [-0.3, -0.25) is 0 Å². The van der Waals surface area contributed by atoms with Gasteiger partial charge in [-0.05, 0) is 55.8 Å². The molecule has 2 saturated heterocycles. The third kappa shape index (κ3) is 2.92. The van der Waals surface area contributed by atoms with Crippen LogP contribution >= 0.6 is 11.3 Å². The molecular weight excluding hydrogens is 292 g/mol. The van der Waals surface area contributed by atoms with E-state index in [2.05, 4.69) is 30.4 Å². The molecule has 0 bridgehead atoms. The van der Waals surface area contributed by atoms with Gasteiger partial charge in [0.25, 0.3) is 0 Å². The number of benzene rings is 1. The Labute approximate surface area is 136 Å². The van der Waals surface area contributed by atoms with Crippen LogP contribution in [0.4, 0.5) is 0 Å². The first-order chi connectivity index (χ1) is 10.8. The lowest BCUT2D eigenvalue weighted by atomic mass is 9.92. The van der Waals surface area contributed by atoms with E-state index < -0.39 is 0 Å². The van der Waals surface area contributed by atoms with Crippen LogP contribution in [-0.4, -0.2) is 24.7 Å². The van der Waals surface area contributed by atoms with E-state index in [-0.39, 0.29) is 0 Å². The Bertz CT molecular complexity index is 640. The highest BCUT2D eigenvalue weighted by atomic mass is 32.1. The number of aromatic nitrogens is 1. The van der Waals surface area contributed by atoms with E-state index in [1.54, 1.807) is 0 Å². The summed E-state index contributed by atoms with van der Waals surface area (Å²) in [6, 6.07) is 7.38. The zero-order valence-electron chi connectivity index (χ0n) is 13.2. The highest BCUT2D eigenvalue weighted by Crippen LogP contribution is 2.35. The first-order valence-electron chi connectivity index (χ1n) is 8.51. The minimum Gasteiger partial charge on any atom is -0.381 e. The molecule has 2 aliphatic rings. The molecule has 0 amide bonds. The van der Waals surface area contributed by atoms with E-state index in [1.807, 2.05) is 11.3 Å². The molecule has 3 heterocycles. The topological polar surface area (TPSA) is 34.1 Å². The van der Waals surface area contributed by atoms with Gasteiger partial charge in [-0.2, -0.15) is 0 Å². The van der Waals surface area contributed by atoms with Crippen LogP contribution < -0.4 is 5.32 Å². The van der Waals surface area contributed by atoms with E-state index in [1.165, 1.54) is 33.6 Å². The summed E-state index contributed by atoms with van der Waals surface area (Å²) in [6.45, 7) is 5.23. The smallest absolute Gasteiger partial charge is 0.0971 e. The number of thiazole rings is 1. The first kappa shape index (κ1) is 14.6. The number of nitrogens with one attached hydrogen (secondary N) is 1. The molecule has 2 atom stereocenters. The maximum Gasteiger partial charge on any atom is 0.0971 e. The second-order valence-electron chi connectivity index (χ2n) is 6.81. The van der Waals surface area contributed by atoms with Crippen LogP contribution in [0.2, 0.25) is 0 Å². The lowest BCUT2D eigenvalue weighted by Crippen LogP contribution is -2.31. The Hall–Kier alpha value is -0.970. The second-order valence-corrected chi connectivity index (χ2v) is 7.87. The molecule has 1 N–H and O–H groups in total. The Morgan fingerprint density at radius 1 is 1.18 bits per heavy atom. The van der Waals surface area contributed by atoms with Gasteiger partial charge in [-0.1, -0.05) is 13.0 Å². The average molecular weight is 316 g/mol. The van der Waals surface area contributed by atoms with Crippen molar-refractivity contribution in [3.8, 4) is 0 Å². The van der Waals surface area contributed by atoms with Crippen LogP contribution in [0.15, 0.2) is 18.2 Å². The van der Waals surface area contributed by atoms with Crippen molar-refractivity contribution >= 4 is 21.6 Å². The first-order valence-corrected chi connectivity index (χ1v) is 9.33. The van der Waals surface area contributed by atoms with Crippen LogP contribution in [0, 0.1) is 5.92 Å². The van der Waals surface area contributed by atoms with Crippen LogP contribution in [0.3, 0.4) is 0 Å². The minimum absolute atomic E-state index is 0.508. The Morgan fingerprint density at radius 2 is 2.05 bits per heavy atom. The van der Waals surface area contributed by atoms with Crippen molar-refractivity contribution in [2.45, 2.75) is 44.6 Å². The number of fused-ring (bicyclic) bond motifs is 1. The molecule has 0 spiro atoms. The van der Waals surface area contributed by atoms with Gasteiger partial charge in [0.05, 0.1) is 15.2 Å². The summed E-state index contributed by atoms with van der Waals surface area (Å²) in [5.41, 5.74) is 2.59. The van der Waals surface area contributed by atoms with Crippen molar-refractivity contribution in [3.05, 3.63) is 28.8 Å². The highest BCUT2D eigenvalue weighted by molar-refractivity contribution is 7.18. The maximum atomic E-state index is 5.47. The van der Waals surface area contributed by atoms with Gasteiger partial charge in [0.15, 0.2) is 0 Å². The lowest BCUT2D eigenvalue weighted by molar-refractivity contribution is 0.0853. The van der Waals surface area contributed by atoms with E-state index in [0.717, 1.165) is 38.5 Å². The van der Waals surface area contributed by atoms with Crippen LogP contribution in [0.1, 0.15) is 55.1 Å². The molecule has 2 aromatic rings. The summed E-state index contributed by atoms with van der Waals surface area (Å²) < 4.78 is 6.80. The summed E-state index contributed by atoms with van der Waals surface area (Å²) in [6.07, 6.45) is 4.80. The zero-order valence-corrected chi connectivity index (χ0v) is 14.0. The van der Waals surface area contributed by atoms with Gasteiger partial charge in [0.2, 0.25) is 0 Å². The Morgan fingerprint density at radius 3 is 2.82 bits per heavy atom. The predicted molar refractivity (Wildman–Crippen MR) is 91.6 cm³/mol. The molecule has 118 valence electrons. The van der Waals surface area contributed by atoms with Gasteiger partial charge >= 0.3 is 0 Å². The number of rotatable bonds is 2. The fourth-order valence-corrected chi connectivity index (χ4v) is 4.70. The fraction of sp³-hybridized carbons (Fsp3) is 0.611. The third-order valence-corrected chi connectivity index (χ3v) is 6.26. The number of hydrogen-bond acceptors (Lipinski definition) is 4. The van der Waals surface area contributed by atoms with E-state index in [0.29, 0.717) is 12.0 Å². The predicted octanol–water partition coefficient (Wildman–Crippen LogP) is 4.25. The molecule has 1 aromatic heterocycles. The Balaban J connectivity index is 1.58. The molecule has 2 aliphatic heterocycles. The van der Waals surface area contributed by atoms with Gasteiger partial charge < -0.3 is 10.1 Å². The molecule has 22 heavy (non-hydrogen) atoms. The highest BCUT2D eigenvalue weighted by Gasteiger charge is 2.22. The minimum atomic E-state index is 0.508. The van der Waals surface area contributed by atoms with Gasteiger partial charge in [-0.25, -0.2) is 4.98 Å². The monoisotopic (exact) mass is 316 g/mol. The molecule has 0 aliphatic carbocycles. The average Bonchev–Trinajstić information content (AvgIpc) is 2.99. The summed E-state index contributed by atoms with van der Waals surface area (Å²) in [5.74, 6) is 1.41. The quantitative estimate of drug-likeness (QED) is 0.899. The van der Waals surface area contributed by atoms with Crippen molar-refractivity contribution in [3.63, 3.8) is 0 Å². The molecule has 4 heteroatoms. The molecule has 1 aromatic carbocycles. The second kappa shape index (κ2) is 6.26. The molecule has 0 saturated carbocycles. The summed E-state index contributed by atoms with van der Waals surface area (Å²) >= 11 is 1.87. The molecule has 2 fully saturated rings. The van der Waals surface area contributed by atoms with Gasteiger partial charge in [0.1, 0.15) is 0 Å². The van der Waals surface area contributed by atoms with E-state index in [4.69, 9.17) is 9.72 Å². The van der Waals surface area contributed by atoms with Crippen molar-refractivity contribution < 1.29 is 4.74 Å². The van der Waals surface area contributed by atoms with Crippen LogP contribution in [-0.2, 0) is 4.74 Å². The normalized spacial score (nSPS) is 27.3. The SMILES string of the molecule is C[C@H]1CC[C@H](c2ccc3sc(C4CCOCC4)nc3c2)NC1. The standard InChI is InChI=1S/C18H24N2OS/c1-12-2-4-15(19-11-12)14-3-5-17-16(10-14)20-18(22-17)13-6-8-21-9-7-13/h3,5,10,12-13,15,19H,2,4,6-9,11H2,1H3/t12-,15+/m0/s1. The van der Waals surface area contributed by atoms with Crippen molar-refractivity contribution in [2.24, 2.45) is 5.92 Å². The molecule has 0 unspecified atom stereocenters. The number of nitrogens with zero attached hydrogens (tertiary/aromatic N) is 1. The van der Waals surface area contributed by atoms with Gasteiger partial charge in [0, 0.05) is 25.2 Å². The number of ether oxygens (including phenoxy) is 1. The number of piperidine rings is 1. The molecule has 4 rings (SSSR count). The Kier molecular flexibility index (Phi) is 4.16. The number of hydrogen-bond donors (Lipinski definition) is 1. The summed E-state index contributed by atoms with van der Waals surface area (Å²) in [7, 11) is 0.